The number of rotatable bonds is 1. The molecule has 0 N–H and O–H groups in total. The molecule has 0 aliphatic carbocycles. The Morgan fingerprint density at radius 3 is 2.27 bits per heavy atom. The number of halogens is 1. The van der Waals surface area contributed by atoms with Gasteiger partial charge in [0.05, 0.1) is 0 Å². The first-order valence-corrected chi connectivity index (χ1v) is 4.82. The summed E-state index contributed by atoms with van der Waals surface area (Å²) in [7, 11) is 0. The molecule has 0 aromatic rings. The number of hydrogen-bond acceptors (Lipinski definition) is 2. The number of thiol groups is 1. The summed E-state index contributed by atoms with van der Waals surface area (Å²) in [5.41, 5.74) is 0. The first kappa shape index (κ1) is 7.87. The van der Waals surface area contributed by atoms with E-state index in [4.69, 9.17) is 0 Å². The van der Waals surface area contributed by atoms with Gasteiger partial charge in [-0.1, -0.05) is 0 Å². The fourth-order valence-electron chi connectivity index (χ4n) is 2.44. The Bertz CT molecular complexity index is 139. The number of piperidine rings is 1. The minimum Gasteiger partial charge on any atom is -0.270 e. The summed E-state index contributed by atoms with van der Waals surface area (Å²) in [5.74, 6) is 0. The maximum absolute atomic E-state index is 12.4. The van der Waals surface area contributed by atoms with E-state index in [1.165, 1.54) is 12.8 Å². The van der Waals surface area contributed by atoms with Crippen LogP contribution in [0.5, 0.6) is 0 Å². The molecule has 0 radical (unpaired) electrons. The minimum atomic E-state index is -0.254. The summed E-state index contributed by atoms with van der Waals surface area (Å²) in [6, 6.07) is 1.00. The summed E-state index contributed by atoms with van der Waals surface area (Å²) in [5, 5.41) is 0.523. The van der Waals surface area contributed by atoms with Gasteiger partial charge in [0.1, 0.15) is 6.80 Å². The zero-order valence-electron chi connectivity index (χ0n) is 6.54. The second-order valence-electron chi connectivity index (χ2n) is 3.64. The molecular formula is C8H14FNS. The Hall–Kier alpha value is 0.240. The highest BCUT2D eigenvalue weighted by Crippen LogP contribution is 2.37. The molecule has 2 aliphatic rings. The van der Waals surface area contributed by atoms with Crippen molar-refractivity contribution in [2.45, 2.75) is 43.0 Å². The molecule has 0 aromatic carbocycles. The third kappa shape index (κ3) is 1.29. The smallest absolute Gasteiger partial charge is 0.143 e. The SMILES string of the molecule is FCN1C2CCC1CC(S)C2. The fourth-order valence-corrected chi connectivity index (χ4v) is 2.93. The van der Waals surface area contributed by atoms with Gasteiger partial charge >= 0.3 is 0 Å². The van der Waals surface area contributed by atoms with Gasteiger partial charge in [0.2, 0.25) is 0 Å². The largest absolute Gasteiger partial charge is 0.270 e. The zero-order chi connectivity index (χ0) is 7.84. The summed E-state index contributed by atoms with van der Waals surface area (Å²) in [6.45, 7) is -0.254. The quantitative estimate of drug-likeness (QED) is 0.470. The second kappa shape index (κ2) is 2.94. The predicted molar refractivity (Wildman–Crippen MR) is 46.6 cm³/mol. The average Bonchev–Trinajstić information content (AvgIpc) is 2.23. The summed E-state index contributed by atoms with van der Waals surface area (Å²) >= 11 is 4.45. The molecule has 0 spiro atoms. The monoisotopic (exact) mass is 175 g/mol. The molecule has 2 atom stereocenters. The Morgan fingerprint density at radius 2 is 1.82 bits per heavy atom. The molecule has 3 heteroatoms. The van der Waals surface area contributed by atoms with Gasteiger partial charge in [0.25, 0.3) is 0 Å². The standard InChI is InChI=1S/C8H14FNS/c9-5-10-6-1-2-7(10)4-8(11)3-6/h6-8,11H,1-5H2. The van der Waals surface area contributed by atoms with Gasteiger partial charge in [-0.3, -0.25) is 4.90 Å². The molecule has 0 amide bonds. The van der Waals surface area contributed by atoms with Crippen LogP contribution >= 0.6 is 12.6 Å². The molecule has 2 bridgehead atoms. The van der Waals surface area contributed by atoms with Crippen LogP contribution in [-0.4, -0.2) is 29.0 Å². The third-order valence-corrected chi connectivity index (χ3v) is 3.42. The Kier molecular flexibility index (Phi) is 2.10. The van der Waals surface area contributed by atoms with E-state index in [1.807, 2.05) is 4.90 Å². The van der Waals surface area contributed by atoms with Crippen LogP contribution in [0.2, 0.25) is 0 Å². The van der Waals surface area contributed by atoms with Gasteiger partial charge in [-0.25, -0.2) is 4.39 Å². The van der Waals surface area contributed by atoms with Crippen molar-refractivity contribution in [2.24, 2.45) is 0 Å². The van der Waals surface area contributed by atoms with Gasteiger partial charge in [0.15, 0.2) is 0 Å². The van der Waals surface area contributed by atoms with Gasteiger partial charge < -0.3 is 0 Å². The third-order valence-electron chi connectivity index (χ3n) is 3.00. The highest BCUT2D eigenvalue weighted by molar-refractivity contribution is 7.80. The number of alkyl halides is 1. The van der Waals surface area contributed by atoms with Crippen molar-refractivity contribution >= 4 is 12.6 Å². The van der Waals surface area contributed by atoms with Gasteiger partial charge in [0, 0.05) is 17.3 Å². The first-order valence-electron chi connectivity index (χ1n) is 4.31. The zero-order valence-corrected chi connectivity index (χ0v) is 7.43. The molecule has 0 aromatic heterocycles. The number of nitrogens with zero attached hydrogens (tertiary/aromatic N) is 1. The Balaban J connectivity index is 2.06. The molecule has 2 fully saturated rings. The molecule has 2 heterocycles. The van der Waals surface area contributed by atoms with Crippen LogP contribution in [0.1, 0.15) is 25.7 Å². The molecule has 2 unspecified atom stereocenters. The lowest BCUT2D eigenvalue weighted by Gasteiger charge is -2.35. The van der Waals surface area contributed by atoms with Crippen LogP contribution in [0.4, 0.5) is 4.39 Å². The molecule has 64 valence electrons. The van der Waals surface area contributed by atoms with Crippen molar-refractivity contribution in [2.75, 3.05) is 6.80 Å². The predicted octanol–water partition coefficient (Wildman–Crippen LogP) is 1.84. The van der Waals surface area contributed by atoms with E-state index >= 15 is 0 Å². The maximum atomic E-state index is 12.4. The van der Waals surface area contributed by atoms with E-state index in [-0.39, 0.29) is 6.80 Å². The molecule has 0 saturated carbocycles. The second-order valence-corrected chi connectivity index (χ2v) is 4.37. The molecule has 2 saturated heterocycles. The lowest BCUT2D eigenvalue weighted by molar-refractivity contribution is 0.0902. The van der Waals surface area contributed by atoms with Crippen molar-refractivity contribution < 1.29 is 4.39 Å². The summed E-state index contributed by atoms with van der Waals surface area (Å²) in [4.78, 5) is 2.01. The normalized spacial score (nSPS) is 44.7. The topological polar surface area (TPSA) is 3.24 Å². The van der Waals surface area contributed by atoms with Crippen molar-refractivity contribution in [1.82, 2.24) is 4.90 Å². The molecule has 11 heavy (non-hydrogen) atoms. The van der Waals surface area contributed by atoms with Gasteiger partial charge in [-0.2, -0.15) is 12.6 Å². The Labute approximate surface area is 72.4 Å². The van der Waals surface area contributed by atoms with Crippen LogP contribution in [0.3, 0.4) is 0 Å². The molecule has 2 aliphatic heterocycles. The molecule has 1 nitrogen and oxygen atoms in total. The van der Waals surface area contributed by atoms with Crippen LogP contribution in [0.15, 0.2) is 0 Å². The van der Waals surface area contributed by atoms with Crippen molar-refractivity contribution in [1.29, 1.82) is 0 Å². The lowest BCUT2D eigenvalue weighted by Crippen LogP contribution is -2.42. The maximum Gasteiger partial charge on any atom is 0.143 e. The van der Waals surface area contributed by atoms with Crippen LogP contribution in [0, 0.1) is 0 Å². The number of hydrogen-bond donors (Lipinski definition) is 1. The summed E-state index contributed by atoms with van der Waals surface area (Å²) < 4.78 is 12.4. The van der Waals surface area contributed by atoms with E-state index < -0.39 is 0 Å². The first-order chi connectivity index (χ1) is 5.31. The van der Waals surface area contributed by atoms with E-state index in [0.29, 0.717) is 17.3 Å². The Morgan fingerprint density at radius 1 is 1.27 bits per heavy atom. The lowest BCUT2D eigenvalue weighted by atomic mass is 10.0. The van der Waals surface area contributed by atoms with Crippen molar-refractivity contribution in [3.63, 3.8) is 0 Å². The van der Waals surface area contributed by atoms with Crippen LogP contribution < -0.4 is 0 Å². The van der Waals surface area contributed by atoms with Gasteiger partial charge in [-0.05, 0) is 25.7 Å². The number of fused-ring (bicyclic) bond motifs is 2. The fraction of sp³-hybridized carbons (Fsp3) is 1.00. The van der Waals surface area contributed by atoms with Crippen molar-refractivity contribution in [3.05, 3.63) is 0 Å². The summed E-state index contributed by atoms with van der Waals surface area (Å²) in [6.07, 6.45) is 4.55. The van der Waals surface area contributed by atoms with Crippen molar-refractivity contribution in [3.8, 4) is 0 Å². The highest BCUT2D eigenvalue weighted by Gasteiger charge is 2.39. The van der Waals surface area contributed by atoms with Crippen LogP contribution in [-0.2, 0) is 0 Å². The van der Waals surface area contributed by atoms with E-state index in [9.17, 15) is 4.39 Å². The van der Waals surface area contributed by atoms with E-state index in [0.717, 1.165) is 12.8 Å². The van der Waals surface area contributed by atoms with E-state index in [1.54, 1.807) is 0 Å². The van der Waals surface area contributed by atoms with E-state index in [2.05, 4.69) is 12.6 Å². The highest BCUT2D eigenvalue weighted by atomic mass is 32.1. The van der Waals surface area contributed by atoms with Gasteiger partial charge in [-0.15, -0.1) is 0 Å². The molecular weight excluding hydrogens is 161 g/mol. The average molecular weight is 175 g/mol. The molecule has 2 rings (SSSR count). The minimum absolute atomic E-state index is 0.254. The van der Waals surface area contributed by atoms with Crippen LogP contribution in [0.25, 0.3) is 0 Å².